The fourth-order valence-electron chi connectivity index (χ4n) is 3.12. The smallest absolute Gasteiger partial charge is 0.315 e. The standard InChI is InChI=1S/C18H28N2O4/c1-23-16-9-8-13(10-17(16)24-2)11-19-18(22)20-12-15(21)14-6-4-3-5-7-14/h8-10,14-15,21H,3-7,11-12H2,1-2H3,(H2,19,20,22)/t15-/m1/s1. The average molecular weight is 336 g/mol. The summed E-state index contributed by atoms with van der Waals surface area (Å²) in [5.74, 6) is 1.59. The Balaban J connectivity index is 1.74. The third kappa shape index (κ3) is 5.30. The predicted octanol–water partition coefficient (Wildman–Crippen LogP) is 2.44. The molecule has 0 radical (unpaired) electrons. The molecule has 1 aromatic rings. The van der Waals surface area contributed by atoms with Gasteiger partial charge in [0.2, 0.25) is 0 Å². The normalized spacial score (nSPS) is 16.3. The molecule has 2 amide bonds. The van der Waals surface area contributed by atoms with Crippen LogP contribution < -0.4 is 20.1 Å². The molecule has 134 valence electrons. The Morgan fingerprint density at radius 3 is 2.54 bits per heavy atom. The van der Waals surface area contributed by atoms with E-state index in [9.17, 15) is 9.90 Å². The molecule has 1 fully saturated rings. The van der Waals surface area contributed by atoms with Crippen LogP contribution >= 0.6 is 0 Å². The molecular weight excluding hydrogens is 308 g/mol. The van der Waals surface area contributed by atoms with Crippen molar-refractivity contribution >= 4 is 6.03 Å². The lowest BCUT2D eigenvalue weighted by Gasteiger charge is -2.26. The highest BCUT2D eigenvalue weighted by molar-refractivity contribution is 5.73. The van der Waals surface area contributed by atoms with E-state index in [0.29, 0.717) is 30.5 Å². The van der Waals surface area contributed by atoms with Gasteiger partial charge < -0.3 is 25.2 Å². The van der Waals surface area contributed by atoms with Gasteiger partial charge in [0, 0.05) is 13.1 Å². The first-order valence-electron chi connectivity index (χ1n) is 8.54. The van der Waals surface area contributed by atoms with Crippen molar-refractivity contribution in [3.63, 3.8) is 0 Å². The van der Waals surface area contributed by atoms with Gasteiger partial charge in [0.05, 0.1) is 20.3 Å². The Hall–Kier alpha value is -1.95. The lowest BCUT2D eigenvalue weighted by atomic mass is 9.85. The maximum absolute atomic E-state index is 11.9. The van der Waals surface area contributed by atoms with Gasteiger partial charge in [-0.1, -0.05) is 25.3 Å². The molecule has 0 saturated heterocycles. The number of benzene rings is 1. The molecule has 1 aromatic carbocycles. The lowest BCUT2D eigenvalue weighted by Crippen LogP contribution is -2.41. The zero-order valence-corrected chi connectivity index (χ0v) is 14.5. The molecule has 0 aliphatic heterocycles. The first-order chi connectivity index (χ1) is 11.6. The third-order valence-corrected chi connectivity index (χ3v) is 4.57. The molecule has 3 N–H and O–H groups in total. The van der Waals surface area contributed by atoms with Crippen molar-refractivity contribution in [2.75, 3.05) is 20.8 Å². The minimum absolute atomic E-state index is 0.278. The van der Waals surface area contributed by atoms with E-state index in [4.69, 9.17) is 9.47 Å². The zero-order chi connectivity index (χ0) is 17.4. The van der Waals surface area contributed by atoms with E-state index in [1.807, 2.05) is 12.1 Å². The molecule has 1 aliphatic rings. The SMILES string of the molecule is COc1ccc(CNC(=O)NC[C@@H](O)C2CCCCC2)cc1OC. The molecule has 0 bridgehead atoms. The van der Waals surface area contributed by atoms with Gasteiger partial charge in [0.25, 0.3) is 0 Å². The van der Waals surface area contributed by atoms with Gasteiger partial charge in [-0.3, -0.25) is 0 Å². The monoisotopic (exact) mass is 336 g/mol. The fourth-order valence-corrected chi connectivity index (χ4v) is 3.12. The van der Waals surface area contributed by atoms with E-state index in [-0.39, 0.29) is 6.03 Å². The quantitative estimate of drug-likeness (QED) is 0.714. The second-order valence-corrected chi connectivity index (χ2v) is 6.22. The Kier molecular flexibility index (Phi) is 7.18. The van der Waals surface area contributed by atoms with Crippen molar-refractivity contribution < 1.29 is 19.4 Å². The topological polar surface area (TPSA) is 79.8 Å². The number of aliphatic hydroxyl groups is 1. The summed E-state index contributed by atoms with van der Waals surface area (Å²) in [5, 5.41) is 15.7. The number of nitrogens with one attached hydrogen (secondary N) is 2. The molecule has 1 saturated carbocycles. The fraction of sp³-hybridized carbons (Fsp3) is 0.611. The van der Waals surface area contributed by atoms with Crippen LogP contribution in [0.25, 0.3) is 0 Å². The molecule has 1 atom stereocenters. The Morgan fingerprint density at radius 1 is 1.17 bits per heavy atom. The van der Waals surface area contributed by atoms with Crippen LogP contribution in [0.4, 0.5) is 4.79 Å². The predicted molar refractivity (Wildman–Crippen MR) is 92.4 cm³/mol. The molecule has 0 unspecified atom stereocenters. The van der Waals surface area contributed by atoms with E-state index in [2.05, 4.69) is 10.6 Å². The second kappa shape index (κ2) is 9.37. The minimum atomic E-state index is -0.461. The van der Waals surface area contributed by atoms with Gasteiger partial charge in [-0.25, -0.2) is 4.79 Å². The first-order valence-corrected chi connectivity index (χ1v) is 8.54. The van der Waals surface area contributed by atoms with Crippen LogP contribution in [-0.2, 0) is 6.54 Å². The molecule has 0 heterocycles. The Morgan fingerprint density at radius 2 is 1.88 bits per heavy atom. The van der Waals surface area contributed by atoms with Crippen LogP contribution in [0.1, 0.15) is 37.7 Å². The number of carbonyl (C=O) groups is 1. The van der Waals surface area contributed by atoms with Gasteiger partial charge in [-0.05, 0) is 36.5 Å². The van der Waals surface area contributed by atoms with Crippen LogP contribution in [0.5, 0.6) is 11.5 Å². The number of amides is 2. The molecule has 1 aliphatic carbocycles. The van der Waals surface area contributed by atoms with E-state index >= 15 is 0 Å². The summed E-state index contributed by atoms with van der Waals surface area (Å²) in [5.41, 5.74) is 0.913. The van der Waals surface area contributed by atoms with E-state index in [1.165, 1.54) is 19.3 Å². The Labute approximate surface area is 143 Å². The maximum atomic E-state index is 11.9. The largest absolute Gasteiger partial charge is 0.493 e. The summed E-state index contributed by atoms with van der Waals surface area (Å²) in [6.45, 7) is 0.675. The van der Waals surface area contributed by atoms with E-state index in [0.717, 1.165) is 18.4 Å². The third-order valence-electron chi connectivity index (χ3n) is 4.57. The summed E-state index contributed by atoms with van der Waals surface area (Å²) < 4.78 is 10.4. The molecule has 6 nitrogen and oxygen atoms in total. The van der Waals surface area contributed by atoms with E-state index in [1.54, 1.807) is 20.3 Å². The average Bonchev–Trinajstić information content (AvgIpc) is 2.64. The van der Waals surface area contributed by atoms with Crippen LogP contribution in [0, 0.1) is 5.92 Å². The summed E-state index contributed by atoms with van der Waals surface area (Å²) in [6, 6.07) is 5.23. The van der Waals surface area contributed by atoms with Gasteiger partial charge in [0.15, 0.2) is 11.5 Å². The summed E-state index contributed by atoms with van der Waals surface area (Å²) >= 11 is 0. The maximum Gasteiger partial charge on any atom is 0.315 e. The van der Waals surface area contributed by atoms with Crippen molar-refractivity contribution in [1.29, 1.82) is 0 Å². The number of rotatable bonds is 7. The molecule has 0 aromatic heterocycles. The summed E-state index contributed by atoms with van der Waals surface area (Å²) in [4.78, 5) is 11.9. The molecule has 24 heavy (non-hydrogen) atoms. The number of hydrogen-bond donors (Lipinski definition) is 3. The van der Waals surface area contributed by atoms with Crippen molar-refractivity contribution in [3.8, 4) is 11.5 Å². The molecule has 6 heteroatoms. The van der Waals surface area contributed by atoms with Crippen molar-refractivity contribution in [3.05, 3.63) is 23.8 Å². The lowest BCUT2D eigenvalue weighted by molar-refractivity contribution is 0.0858. The van der Waals surface area contributed by atoms with Gasteiger partial charge in [-0.2, -0.15) is 0 Å². The number of urea groups is 1. The van der Waals surface area contributed by atoms with Crippen LogP contribution in [0.3, 0.4) is 0 Å². The highest BCUT2D eigenvalue weighted by atomic mass is 16.5. The second-order valence-electron chi connectivity index (χ2n) is 6.22. The molecule has 2 rings (SSSR count). The minimum Gasteiger partial charge on any atom is -0.493 e. The number of methoxy groups -OCH3 is 2. The zero-order valence-electron chi connectivity index (χ0n) is 14.5. The Bertz CT molecular complexity index is 530. The first kappa shape index (κ1) is 18.4. The number of carbonyl (C=O) groups excluding carboxylic acids is 1. The highest BCUT2D eigenvalue weighted by Crippen LogP contribution is 2.27. The van der Waals surface area contributed by atoms with Crippen LogP contribution in [0.2, 0.25) is 0 Å². The van der Waals surface area contributed by atoms with Crippen molar-refractivity contribution in [1.82, 2.24) is 10.6 Å². The number of aliphatic hydroxyl groups excluding tert-OH is 1. The van der Waals surface area contributed by atoms with Crippen molar-refractivity contribution in [2.24, 2.45) is 5.92 Å². The van der Waals surface area contributed by atoms with Gasteiger partial charge >= 0.3 is 6.03 Å². The van der Waals surface area contributed by atoms with Crippen molar-refractivity contribution in [2.45, 2.75) is 44.8 Å². The van der Waals surface area contributed by atoms with E-state index < -0.39 is 6.10 Å². The molecular formula is C18H28N2O4. The number of hydrogen-bond acceptors (Lipinski definition) is 4. The number of ether oxygens (including phenoxy) is 2. The highest BCUT2D eigenvalue weighted by Gasteiger charge is 2.21. The molecule has 0 spiro atoms. The summed E-state index contributed by atoms with van der Waals surface area (Å²) in [7, 11) is 3.16. The van der Waals surface area contributed by atoms with Gasteiger partial charge in [0.1, 0.15) is 0 Å². The summed E-state index contributed by atoms with van der Waals surface area (Å²) in [6.07, 6.45) is 5.24. The van der Waals surface area contributed by atoms with Gasteiger partial charge in [-0.15, -0.1) is 0 Å². The van der Waals surface area contributed by atoms with Crippen LogP contribution in [-0.4, -0.2) is 38.0 Å². The van der Waals surface area contributed by atoms with Crippen LogP contribution in [0.15, 0.2) is 18.2 Å².